The lowest BCUT2D eigenvalue weighted by Crippen LogP contribution is -2.19. The van der Waals surface area contributed by atoms with Gasteiger partial charge in [0, 0.05) is 6.54 Å². The molecule has 1 atom stereocenters. The van der Waals surface area contributed by atoms with Gasteiger partial charge in [0.05, 0.1) is 11.0 Å². The highest BCUT2D eigenvalue weighted by molar-refractivity contribution is 5.61. The highest BCUT2D eigenvalue weighted by Crippen LogP contribution is 2.27. The van der Waals surface area contributed by atoms with Crippen molar-refractivity contribution >= 4 is 11.4 Å². The van der Waals surface area contributed by atoms with E-state index in [2.05, 4.69) is 5.32 Å². The molecular weight excluding hydrogens is 227 g/mol. The van der Waals surface area contributed by atoms with Gasteiger partial charge >= 0.3 is 5.69 Å². The van der Waals surface area contributed by atoms with Gasteiger partial charge in [0.1, 0.15) is 5.69 Å². The maximum atomic E-state index is 13.2. The van der Waals surface area contributed by atoms with Crippen LogP contribution in [0.4, 0.5) is 15.8 Å². The maximum Gasteiger partial charge on any atom is 0.327 e. The zero-order chi connectivity index (χ0) is 12.8. The molecule has 1 aromatic carbocycles. The molecule has 0 aromatic heterocycles. The van der Waals surface area contributed by atoms with Crippen LogP contribution in [0.5, 0.6) is 0 Å². The lowest BCUT2D eigenvalue weighted by molar-refractivity contribution is -0.386. The molecule has 1 rings (SSSR count). The second kappa shape index (κ2) is 6.15. The SMILES string of the molecule is CCCC(O)CNc1cccc(F)c1[N+](=O)[O-]. The van der Waals surface area contributed by atoms with E-state index >= 15 is 0 Å². The van der Waals surface area contributed by atoms with Crippen molar-refractivity contribution in [3.05, 3.63) is 34.1 Å². The quantitative estimate of drug-likeness (QED) is 0.593. The molecule has 0 saturated heterocycles. The van der Waals surface area contributed by atoms with Crippen LogP contribution in [0.25, 0.3) is 0 Å². The zero-order valence-corrected chi connectivity index (χ0v) is 9.52. The molecule has 0 amide bonds. The number of nitrogens with one attached hydrogen (secondary N) is 1. The molecule has 94 valence electrons. The number of nitro groups is 1. The first-order valence-corrected chi connectivity index (χ1v) is 5.41. The maximum absolute atomic E-state index is 13.2. The predicted octanol–water partition coefficient (Wildman–Crippen LogP) is 2.31. The van der Waals surface area contributed by atoms with Crippen molar-refractivity contribution in [3.63, 3.8) is 0 Å². The average molecular weight is 242 g/mol. The minimum atomic E-state index is -0.884. The van der Waals surface area contributed by atoms with Crippen molar-refractivity contribution < 1.29 is 14.4 Å². The van der Waals surface area contributed by atoms with Crippen LogP contribution in [0.15, 0.2) is 18.2 Å². The lowest BCUT2D eigenvalue weighted by Gasteiger charge is -2.11. The van der Waals surface area contributed by atoms with Crippen LogP contribution in [-0.2, 0) is 0 Å². The van der Waals surface area contributed by atoms with E-state index in [1.807, 2.05) is 6.92 Å². The number of aliphatic hydroxyl groups excluding tert-OH is 1. The van der Waals surface area contributed by atoms with Crippen LogP contribution in [0.1, 0.15) is 19.8 Å². The van der Waals surface area contributed by atoms with Crippen LogP contribution in [-0.4, -0.2) is 22.7 Å². The molecule has 0 fully saturated rings. The number of rotatable bonds is 6. The van der Waals surface area contributed by atoms with Gasteiger partial charge in [-0.3, -0.25) is 10.1 Å². The monoisotopic (exact) mass is 242 g/mol. The Morgan fingerprint density at radius 2 is 2.29 bits per heavy atom. The molecular formula is C11H15FN2O3. The number of halogens is 1. The first-order chi connectivity index (χ1) is 8.06. The van der Waals surface area contributed by atoms with Crippen molar-refractivity contribution in [3.8, 4) is 0 Å². The van der Waals surface area contributed by atoms with Crippen molar-refractivity contribution in [1.29, 1.82) is 0 Å². The number of aliphatic hydroxyl groups is 1. The third-order valence-corrected chi connectivity index (χ3v) is 2.32. The Kier molecular flexibility index (Phi) is 4.84. The zero-order valence-electron chi connectivity index (χ0n) is 9.52. The third-order valence-electron chi connectivity index (χ3n) is 2.32. The summed E-state index contributed by atoms with van der Waals surface area (Å²) in [6.45, 7) is 2.09. The number of benzene rings is 1. The van der Waals surface area contributed by atoms with Gasteiger partial charge in [0.15, 0.2) is 0 Å². The standard InChI is InChI=1S/C11H15FN2O3/c1-2-4-8(15)7-13-10-6-3-5-9(12)11(10)14(16)17/h3,5-6,8,13,15H,2,4,7H2,1H3. The van der Waals surface area contributed by atoms with Crippen LogP contribution in [0.3, 0.4) is 0 Å². The molecule has 0 saturated carbocycles. The Balaban J connectivity index is 2.77. The van der Waals surface area contributed by atoms with E-state index in [1.54, 1.807) is 0 Å². The molecule has 6 heteroatoms. The van der Waals surface area contributed by atoms with Crippen molar-refractivity contribution in [2.75, 3.05) is 11.9 Å². The van der Waals surface area contributed by atoms with Crippen LogP contribution in [0.2, 0.25) is 0 Å². The molecule has 17 heavy (non-hydrogen) atoms. The smallest absolute Gasteiger partial charge is 0.327 e. The number of para-hydroxylation sites is 1. The summed E-state index contributed by atoms with van der Waals surface area (Å²) < 4.78 is 13.2. The van der Waals surface area contributed by atoms with Gasteiger partial charge in [-0.25, -0.2) is 0 Å². The first-order valence-electron chi connectivity index (χ1n) is 5.41. The average Bonchev–Trinajstić information content (AvgIpc) is 2.26. The summed E-state index contributed by atoms with van der Waals surface area (Å²) in [5, 5.41) is 22.8. The van der Waals surface area contributed by atoms with Gasteiger partial charge in [-0.2, -0.15) is 4.39 Å². The van der Waals surface area contributed by atoms with E-state index in [1.165, 1.54) is 12.1 Å². The molecule has 2 N–H and O–H groups in total. The fraction of sp³-hybridized carbons (Fsp3) is 0.455. The Hall–Kier alpha value is -1.69. The number of nitro benzene ring substituents is 1. The minimum absolute atomic E-state index is 0.0881. The number of hydrogen-bond donors (Lipinski definition) is 2. The van der Waals surface area contributed by atoms with Gasteiger partial charge < -0.3 is 10.4 Å². The molecule has 1 unspecified atom stereocenters. The van der Waals surface area contributed by atoms with Gasteiger partial charge in [0.2, 0.25) is 5.82 Å². The molecule has 0 aliphatic carbocycles. The lowest BCUT2D eigenvalue weighted by atomic mass is 10.2. The van der Waals surface area contributed by atoms with Crippen molar-refractivity contribution in [2.45, 2.75) is 25.9 Å². The summed E-state index contributed by atoms with van der Waals surface area (Å²) in [7, 11) is 0. The highest BCUT2D eigenvalue weighted by atomic mass is 19.1. The van der Waals surface area contributed by atoms with Crippen LogP contribution in [0, 0.1) is 15.9 Å². The van der Waals surface area contributed by atoms with Gasteiger partial charge in [0.25, 0.3) is 0 Å². The summed E-state index contributed by atoms with van der Waals surface area (Å²) in [4.78, 5) is 9.90. The van der Waals surface area contributed by atoms with Crippen LogP contribution >= 0.6 is 0 Å². The Labute approximate surface area is 98.4 Å². The molecule has 0 radical (unpaired) electrons. The van der Waals surface area contributed by atoms with E-state index in [9.17, 15) is 19.6 Å². The summed E-state index contributed by atoms with van der Waals surface area (Å²) in [5.74, 6) is -0.884. The summed E-state index contributed by atoms with van der Waals surface area (Å²) in [6.07, 6.45) is 0.812. The second-order valence-corrected chi connectivity index (χ2v) is 3.72. The van der Waals surface area contributed by atoms with E-state index < -0.39 is 22.5 Å². The number of nitrogens with zero attached hydrogens (tertiary/aromatic N) is 1. The largest absolute Gasteiger partial charge is 0.391 e. The molecule has 0 heterocycles. The minimum Gasteiger partial charge on any atom is -0.391 e. The van der Waals surface area contributed by atoms with Gasteiger partial charge in [-0.1, -0.05) is 19.4 Å². The molecule has 1 aromatic rings. The highest BCUT2D eigenvalue weighted by Gasteiger charge is 2.19. The van der Waals surface area contributed by atoms with Crippen molar-refractivity contribution in [1.82, 2.24) is 0 Å². The Morgan fingerprint density at radius 3 is 2.88 bits per heavy atom. The van der Waals surface area contributed by atoms with E-state index in [0.29, 0.717) is 6.42 Å². The first kappa shape index (κ1) is 13.4. The predicted molar refractivity (Wildman–Crippen MR) is 62.5 cm³/mol. The molecule has 0 aliphatic heterocycles. The van der Waals surface area contributed by atoms with E-state index in [0.717, 1.165) is 12.5 Å². The fourth-order valence-corrected chi connectivity index (χ4v) is 1.51. The Bertz CT molecular complexity index is 398. The number of hydrogen-bond acceptors (Lipinski definition) is 4. The van der Waals surface area contributed by atoms with Crippen molar-refractivity contribution in [2.24, 2.45) is 0 Å². The molecule has 0 bridgehead atoms. The molecule has 0 aliphatic rings. The number of anilines is 1. The summed E-state index contributed by atoms with van der Waals surface area (Å²) in [6, 6.07) is 3.84. The Morgan fingerprint density at radius 1 is 1.59 bits per heavy atom. The topological polar surface area (TPSA) is 75.4 Å². The summed E-state index contributed by atoms with van der Waals surface area (Å²) in [5.41, 5.74) is -0.499. The van der Waals surface area contributed by atoms with E-state index in [4.69, 9.17) is 0 Å². The molecule has 5 nitrogen and oxygen atoms in total. The summed E-state index contributed by atoms with van der Waals surface area (Å²) >= 11 is 0. The van der Waals surface area contributed by atoms with E-state index in [-0.39, 0.29) is 12.2 Å². The second-order valence-electron chi connectivity index (χ2n) is 3.72. The van der Waals surface area contributed by atoms with Gasteiger partial charge in [-0.15, -0.1) is 0 Å². The third kappa shape index (κ3) is 3.67. The molecule has 0 spiro atoms. The van der Waals surface area contributed by atoms with Gasteiger partial charge in [-0.05, 0) is 18.6 Å². The fourth-order valence-electron chi connectivity index (χ4n) is 1.51. The van der Waals surface area contributed by atoms with Crippen LogP contribution < -0.4 is 5.32 Å². The normalized spacial score (nSPS) is 12.2.